The molecule has 1 atom stereocenters. The molecule has 0 bridgehead atoms. The number of hydrogen-bond acceptors (Lipinski definition) is 3. The van der Waals surface area contributed by atoms with Gasteiger partial charge < -0.3 is 5.11 Å². The second kappa shape index (κ2) is 4.67. The molecular formula is C13H17N3O. The van der Waals surface area contributed by atoms with Crippen LogP contribution in [0.2, 0.25) is 0 Å². The van der Waals surface area contributed by atoms with Crippen LogP contribution in [0.25, 0.3) is 0 Å². The summed E-state index contributed by atoms with van der Waals surface area (Å²) in [6.07, 6.45) is 2.77. The summed E-state index contributed by atoms with van der Waals surface area (Å²) in [4.78, 5) is 4.32. The first-order chi connectivity index (χ1) is 8.13. The van der Waals surface area contributed by atoms with Gasteiger partial charge in [0.15, 0.2) is 0 Å². The molecule has 4 heteroatoms. The summed E-state index contributed by atoms with van der Waals surface area (Å²) in [6, 6.07) is 3.85. The molecule has 1 N–H and O–H groups in total. The molecule has 0 spiro atoms. The molecule has 0 aliphatic heterocycles. The fraction of sp³-hybridized carbons (Fsp3) is 0.385. The van der Waals surface area contributed by atoms with E-state index in [1.54, 1.807) is 17.1 Å². The summed E-state index contributed by atoms with van der Waals surface area (Å²) in [5, 5.41) is 14.5. The molecular weight excluding hydrogens is 214 g/mol. The molecule has 0 aliphatic rings. The van der Waals surface area contributed by atoms with Crippen molar-refractivity contribution in [3.8, 4) is 0 Å². The van der Waals surface area contributed by atoms with Crippen molar-refractivity contribution in [2.45, 2.75) is 33.4 Å². The number of aliphatic hydroxyl groups is 1. The van der Waals surface area contributed by atoms with Gasteiger partial charge in [-0.2, -0.15) is 5.10 Å². The summed E-state index contributed by atoms with van der Waals surface area (Å²) < 4.78 is 1.78. The van der Waals surface area contributed by atoms with E-state index in [2.05, 4.69) is 10.1 Å². The molecule has 2 aromatic rings. The average molecular weight is 231 g/mol. The Hall–Kier alpha value is -1.68. The molecule has 2 heterocycles. The van der Waals surface area contributed by atoms with Gasteiger partial charge in [0, 0.05) is 18.9 Å². The van der Waals surface area contributed by atoms with Crippen LogP contribution >= 0.6 is 0 Å². The minimum absolute atomic E-state index is 0.700. The van der Waals surface area contributed by atoms with Gasteiger partial charge in [-0.3, -0.25) is 9.67 Å². The van der Waals surface area contributed by atoms with E-state index in [4.69, 9.17) is 0 Å². The predicted molar refractivity (Wildman–Crippen MR) is 65.7 cm³/mol. The van der Waals surface area contributed by atoms with Gasteiger partial charge in [-0.15, -0.1) is 0 Å². The van der Waals surface area contributed by atoms with E-state index in [9.17, 15) is 5.11 Å². The van der Waals surface area contributed by atoms with Crippen molar-refractivity contribution >= 4 is 0 Å². The van der Waals surface area contributed by atoms with Crippen molar-refractivity contribution in [1.82, 2.24) is 14.8 Å². The maximum Gasteiger partial charge on any atom is 0.138 e. The maximum atomic E-state index is 10.3. The fourth-order valence-electron chi connectivity index (χ4n) is 1.99. The first-order valence-electron chi connectivity index (χ1n) is 5.76. The SMILES string of the molecule is CCn1nccc1C(O)c1ncc(C)cc1C. The highest BCUT2D eigenvalue weighted by Gasteiger charge is 2.18. The van der Waals surface area contributed by atoms with Crippen molar-refractivity contribution in [1.29, 1.82) is 0 Å². The van der Waals surface area contributed by atoms with Crippen LogP contribution in [-0.4, -0.2) is 19.9 Å². The van der Waals surface area contributed by atoms with E-state index < -0.39 is 6.10 Å². The van der Waals surface area contributed by atoms with Crippen LogP contribution in [0, 0.1) is 13.8 Å². The lowest BCUT2D eigenvalue weighted by atomic mass is 10.1. The number of aliphatic hydroxyl groups excluding tert-OH is 1. The Bertz CT molecular complexity index is 519. The molecule has 0 saturated carbocycles. The Balaban J connectivity index is 2.40. The molecule has 0 aromatic carbocycles. The van der Waals surface area contributed by atoms with Gasteiger partial charge in [0.05, 0.1) is 11.4 Å². The zero-order valence-corrected chi connectivity index (χ0v) is 10.4. The smallest absolute Gasteiger partial charge is 0.138 e. The Morgan fingerprint density at radius 3 is 2.82 bits per heavy atom. The monoisotopic (exact) mass is 231 g/mol. The molecule has 17 heavy (non-hydrogen) atoms. The van der Waals surface area contributed by atoms with Crippen LogP contribution in [0.1, 0.15) is 35.5 Å². The second-order valence-corrected chi connectivity index (χ2v) is 4.19. The largest absolute Gasteiger partial charge is 0.380 e. The first-order valence-corrected chi connectivity index (χ1v) is 5.76. The molecule has 4 nitrogen and oxygen atoms in total. The summed E-state index contributed by atoms with van der Waals surface area (Å²) in [6.45, 7) is 6.70. The van der Waals surface area contributed by atoms with E-state index in [0.717, 1.165) is 23.4 Å². The number of rotatable bonds is 3. The van der Waals surface area contributed by atoms with Crippen molar-refractivity contribution in [2.24, 2.45) is 0 Å². The number of nitrogens with zero attached hydrogens (tertiary/aromatic N) is 3. The normalized spacial score (nSPS) is 12.7. The number of aromatic nitrogens is 3. The minimum atomic E-state index is -0.710. The second-order valence-electron chi connectivity index (χ2n) is 4.19. The molecule has 0 radical (unpaired) electrons. The number of pyridine rings is 1. The van der Waals surface area contributed by atoms with Gasteiger partial charge in [0.2, 0.25) is 0 Å². The molecule has 0 saturated heterocycles. The number of hydrogen-bond donors (Lipinski definition) is 1. The highest BCUT2D eigenvalue weighted by Crippen LogP contribution is 2.23. The Morgan fingerprint density at radius 1 is 1.41 bits per heavy atom. The summed E-state index contributed by atoms with van der Waals surface area (Å²) in [5.74, 6) is 0. The molecule has 1 unspecified atom stereocenters. The number of aryl methyl sites for hydroxylation is 3. The minimum Gasteiger partial charge on any atom is -0.380 e. The van der Waals surface area contributed by atoms with E-state index in [0.29, 0.717) is 5.69 Å². The van der Waals surface area contributed by atoms with E-state index in [1.165, 1.54) is 0 Å². The highest BCUT2D eigenvalue weighted by molar-refractivity contribution is 5.29. The molecule has 90 valence electrons. The van der Waals surface area contributed by atoms with Crippen LogP contribution in [0.5, 0.6) is 0 Å². The summed E-state index contributed by atoms with van der Waals surface area (Å²) in [5.41, 5.74) is 3.58. The zero-order chi connectivity index (χ0) is 12.4. The topological polar surface area (TPSA) is 50.9 Å². The van der Waals surface area contributed by atoms with Gasteiger partial charge in [-0.25, -0.2) is 0 Å². The third-order valence-corrected chi connectivity index (χ3v) is 2.84. The van der Waals surface area contributed by atoms with Crippen molar-refractivity contribution in [3.63, 3.8) is 0 Å². The Kier molecular flexibility index (Phi) is 3.24. The lowest BCUT2D eigenvalue weighted by Crippen LogP contribution is -2.11. The standard InChI is InChI=1S/C13H17N3O/c1-4-16-11(5-6-15-16)13(17)12-10(3)7-9(2)8-14-12/h5-8,13,17H,4H2,1-3H3. The van der Waals surface area contributed by atoms with E-state index in [-0.39, 0.29) is 0 Å². The van der Waals surface area contributed by atoms with Crippen LogP contribution < -0.4 is 0 Å². The zero-order valence-electron chi connectivity index (χ0n) is 10.4. The van der Waals surface area contributed by atoms with Crippen LogP contribution in [0.3, 0.4) is 0 Å². The Morgan fingerprint density at radius 2 is 2.18 bits per heavy atom. The maximum absolute atomic E-state index is 10.3. The third-order valence-electron chi connectivity index (χ3n) is 2.84. The third kappa shape index (κ3) is 2.22. The summed E-state index contributed by atoms with van der Waals surface area (Å²) in [7, 11) is 0. The lowest BCUT2D eigenvalue weighted by Gasteiger charge is -2.14. The van der Waals surface area contributed by atoms with Crippen LogP contribution in [0.4, 0.5) is 0 Å². The van der Waals surface area contributed by atoms with Crippen LogP contribution in [-0.2, 0) is 6.54 Å². The van der Waals surface area contributed by atoms with E-state index >= 15 is 0 Å². The van der Waals surface area contributed by atoms with Crippen LogP contribution in [0.15, 0.2) is 24.5 Å². The van der Waals surface area contributed by atoms with Gasteiger partial charge >= 0.3 is 0 Å². The molecule has 2 aromatic heterocycles. The highest BCUT2D eigenvalue weighted by atomic mass is 16.3. The van der Waals surface area contributed by atoms with E-state index in [1.807, 2.05) is 32.9 Å². The van der Waals surface area contributed by atoms with Crippen molar-refractivity contribution < 1.29 is 5.11 Å². The van der Waals surface area contributed by atoms with Crippen molar-refractivity contribution in [2.75, 3.05) is 0 Å². The molecule has 2 rings (SSSR count). The average Bonchev–Trinajstić information content (AvgIpc) is 2.76. The Labute approximate surface area is 101 Å². The van der Waals surface area contributed by atoms with Crippen molar-refractivity contribution in [3.05, 3.63) is 47.0 Å². The molecule has 0 aliphatic carbocycles. The fourth-order valence-corrected chi connectivity index (χ4v) is 1.99. The van der Waals surface area contributed by atoms with Gasteiger partial charge in [0.1, 0.15) is 6.10 Å². The van der Waals surface area contributed by atoms with Gasteiger partial charge in [-0.05, 0) is 38.0 Å². The lowest BCUT2D eigenvalue weighted by molar-refractivity contribution is 0.202. The molecule has 0 amide bonds. The van der Waals surface area contributed by atoms with Gasteiger partial charge in [-0.1, -0.05) is 6.07 Å². The molecule has 0 fully saturated rings. The first kappa shape index (κ1) is 11.8. The summed E-state index contributed by atoms with van der Waals surface area (Å²) >= 11 is 0. The van der Waals surface area contributed by atoms with Gasteiger partial charge in [0.25, 0.3) is 0 Å². The predicted octanol–water partition coefficient (Wildman–Crippen LogP) is 2.00. The quantitative estimate of drug-likeness (QED) is 0.879.